The number of hydrogen-bond donors (Lipinski definition) is 1. The van der Waals surface area contributed by atoms with Gasteiger partial charge < -0.3 is 14.8 Å². The smallest absolute Gasteiger partial charge is 0.340 e. The van der Waals surface area contributed by atoms with E-state index in [9.17, 15) is 13.6 Å². The number of methoxy groups -OCH3 is 1. The van der Waals surface area contributed by atoms with Crippen LogP contribution in [0.2, 0.25) is 0 Å². The van der Waals surface area contributed by atoms with Gasteiger partial charge >= 0.3 is 5.97 Å². The van der Waals surface area contributed by atoms with Gasteiger partial charge in [0.1, 0.15) is 0 Å². The Labute approximate surface area is 121 Å². The summed E-state index contributed by atoms with van der Waals surface area (Å²) < 4.78 is 38.0. The normalized spacial score (nSPS) is 24.9. The molecule has 2 atom stereocenters. The van der Waals surface area contributed by atoms with Crippen LogP contribution >= 0.6 is 0 Å². The van der Waals surface area contributed by atoms with Crippen molar-refractivity contribution in [2.45, 2.75) is 31.4 Å². The molecule has 2 aliphatic rings. The maximum atomic E-state index is 14.1. The predicted octanol–water partition coefficient (Wildman–Crippen LogP) is 2.73. The van der Waals surface area contributed by atoms with E-state index in [0.29, 0.717) is 12.5 Å². The number of ether oxygens (including phenoxy) is 2. The van der Waals surface area contributed by atoms with Crippen LogP contribution in [0, 0.1) is 17.6 Å². The molecule has 1 saturated carbocycles. The van der Waals surface area contributed by atoms with Crippen LogP contribution in [0.1, 0.15) is 29.6 Å². The number of hydrogen-bond acceptors (Lipinski definition) is 4. The fourth-order valence-corrected chi connectivity index (χ4v) is 2.78. The Bertz CT molecular complexity index is 560. The van der Waals surface area contributed by atoms with E-state index in [1.807, 2.05) is 0 Å². The average molecular weight is 297 g/mol. The second kappa shape index (κ2) is 5.60. The SMILES string of the molecule is COC(=O)c1ccc(NC2CCOC2C2CC2)c(F)c1F. The van der Waals surface area contributed by atoms with E-state index in [0.717, 1.165) is 26.4 Å². The Kier molecular flexibility index (Phi) is 3.80. The summed E-state index contributed by atoms with van der Waals surface area (Å²) in [6.45, 7) is 0.628. The van der Waals surface area contributed by atoms with Gasteiger partial charge in [-0.3, -0.25) is 0 Å². The van der Waals surface area contributed by atoms with Gasteiger partial charge in [-0.1, -0.05) is 0 Å². The van der Waals surface area contributed by atoms with Gasteiger partial charge in [-0.25, -0.2) is 13.6 Å². The number of esters is 1. The second-order valence-electron chi connectivity index (χ2n) is 5.49. The third-order valence-corrected chi connectivity index (χ3v) is 4.05. The van der Waals surface area contributed by atoms with Crippen molar-refractivity contribution in [2.24, 2.45) is 5.92 Å². The van der Waals surface area contributed by atoms with Gasteiger partial charge in [-0.05, 0) is 37.3 Å². The van der Waals surface area contributed by atoms with Gasteiger partial charge in [-0.2, -0.15) is 0 Å². The molecule has 1 aromatic carbocycles. The van der Waals surface area contributed by atoms with Gasteiger partial charge in [0.2, 0.25) is 0 Å². The van der Waals surface area contributed by atoms with Crippen molar-refractivity contribution in [2.75, 3.05) is 19.0 Å². The highest BCUT2D eigenvalue weighted by Crippen LogP contribution is 2.39. The predicted molar refractivity (Wildman–Crippen MR) is 72.2 cm³/mol. The maximum absolute atomic E-state index is 14.1. The minimum atomic E-state index is -1.19. The molecule has 114 valence electrons. The van der Waals surface area contributed by atoms with Crippen molar-refractivity contribution >= 4 is 11.7 Å². The third-order valence-electron chi connectivity index (χ3n) is 4.05. The largest absolute Gasteiger partial charge is 0.465 e. The molecule has 1 aliphatic carbocycles. The van der Waals surface area contributed by atoms with Crippen molar-refractivity contribution < 1.29 is 23.0 Å². The first-order valence-electron chi connectivity index (χ1n) is 7.06. The lowest BCUT2D eigenvalue weighted by Gasteiger charge is -2.21. The summed E-state index contributed by atoms with van der Waals surface area (Å²) in [5.74, 6) is -2.61. The number of carbonyl (C=O) groups excluding carboxylic acids is 1. The summed E-state index contributed by atoms with van der Waals surface area (Å²) in [4.78, 5) is 11.3. The Morgan fingerprint density at radius 2 is 2.05 bits per heavy atom. The minimum Gasteiger partial charge on any atom is -0.465 e. The maximum Gasteiger partial charge on any atom is 0.340 e. The Morgan fingerprint density at radius 1 is 1.29 bits per heavy atom. The zero-order valence-corrected chi connectivity index (χ0v) is 11.7. The first kappa shape index (κ1) is 14.3. The van der Waals surface area contributed by atoms with E-state index in [2.05, 4.69) is 10.1 Å². The van der Waals surface area contributed by atoms with E-state index >= 15 is 0 Å². The molecule has 1 aliphatic heterocycles. The topological polar surface area (TPSA) is 47.6 Å². The van der Waals surface area contributed by atoms with Crippen LogP contribution in [0.25, 0.3) is 0 Å². The summed E-state index contributed by atoms with van der Waals surface area (Å²) in [6, 6.07) is 2.58. The number of carbonyl (C=O) groups is 1. The molecule has 1 saturated heterocycles. The molecular formula is C15H17F2NO3. The lowest BCUT2D eigenvalue weighted by molar-refractivity contribution is 0.0594. The molecule has 6 heteroatoms. The van der Waals surface area contributed by atoms with Crippen molar-refractivity contribution in [3.8, 4) is 0 Å². The summed E-state index contributed by atoms with van der Waals surface area (Å²) >= 11 is 0. The molecule has 0 amide bonds. The quantitative estimate of drug-likeness (QED) is 0.868. The van der Waals surface area contributed by atoms with Crippen LogP contribution in [0.4, 0.5) is 14.5 Å². The van der Waals surface area contributed by atoms with Gasteiger partial charge in [0.05, 0.1) is 30.5 Å². The summed E-state index contributed by atoms with van der Waals surface area (Å²) in [5, 5.41) is 3.01. The highest BCUT2D eigenvalue weighted by atomic mass is 19.2. The van der Waals surface area contributed by atoms with E-state index in [-0.39, 0.29) is 17.8 Å². The molecule has 0 radical (unpaired) electrons. The molecular weight excluding hydrogens is 280 g/mol. The second-order valence-corrected chi connectivity index (χ2v) is 5.49. The van der Waals surface area contributed by atoms with E-state index < -0.39 is 23.2 Å². The molecule has 0 aromatic heterocycles. The van der Waals surface area contributed by atoms with Crippen molar-refractivity contribution in [3.63, 3.8) is 0 Å². The van der Waals surface area contributed by atoms with E-state index in [1.165, 1.54) is 12.1 Å². The summed E-state index contributed by atoms with van der Waals surface area (Å²) in [5.41, 5.74) is -0.344. The molecule has 4 nitrogen and oxygen atoms in total. The van der Waals surface area contributed by atoms with E-state index in [4.69, 9.17) is 4.74 Å². The van der Waals surface area contributed by atoms with Crippen LogP contribution in [-0.4, -0.2) is 31.8 Å². The van der Waals surface area contributed by atoms with Gasteiger partial charge in [-0.15, -0.1) is 0 Å². The van der Waals surface area contributed by atoms with Gasteiger partial charge in [0, 0.05) is 6.61 Å². The minimum absolute atomic E-state index is 0.0182. The first-order chi connectivity index (χ1) is 10.1. The summed E-state index contributed by atoms with van der Waals surface area (Å²) in [7, 11) is 1.13. The standard InChI is InChI=1S/C15H17F2NO3/c1-20-15(19)9-4-5-10(13(17)12(9)16)18-11-6-7-21-14(11)8-2-3-8/h4-5,8,11,14,18H,2-3,6-7H2,1H3. The molecule has 1 N–H and O–H groups in total. The molecule has 21 heavy (non-hydrogen) atoms. The summed E-state index contributed by atoms with van der Waals surface area (Å²) in [6.07, 6.45) is 3.08. The van der Waals surface area contributed by atoms with Crippen LogP contribution in [0.5, 0.6) is 0 Å². The van der Waals surface area contributed by atoms with Crippen molar-refractivity contribution in [1.29, 1.82) is 0 Å². The monoisotopic (exact) mass is 297 g/mol. The van der Waals surface area contributed by atoms with E-state index in [1.54, 1.807) is 0 Å². The highest BCUT2D eigenvalue weighted by Gasteiger charge is 2.41. The molecule has 0 bridgehead atoms. The molecule has 1 aromatic rings. The van der Waals surface area contributed by atoms with Gasteiger partial charge in [0.25, 0.3) is 0 Å². The zero-order chi connectivity index (χ0) is 15.0. The molecule has 0 spiro atoms. The van der Waals surface area contributed by atoms with Crippen LogP contribution in [0.3, 0.4) is 0 Å². The Balaban J connectivity index is 1.79. The molecule has 2 unspecified atom stereocenters. The first-order valence-corrected chi connectivity index (χ1v) is 7.06. The number of halogens is 2. The van der Waals surface area contributed by atoms with Gasteiger partial charge in [0.15, 0.2) is 11.6 Å². The zero-order valence-electron chi connectivity index (χ0n) is 11.7. The molecule has 3 rings (SSSR count). The lowest BCUT2D eigenvalue weighted by atomic mass is 10.1. The van der Waals surface area contributed by atoms with Crippen LogP contribution in [-0.2, 0) is 9.47 Å². The number of benzene rings is 1. The Hall–Kier alpha value is -1.69. The van der Waals surface area contributed by atoms with Crippen molar-refractivity contribution in [3.05, 3.63) is 29.3 Å². The lowest BCUT2D eigenvalue weighted by Crippen LogP contribution is -2.31. The number of rotatable bonds is 4. The average Bonchev–Trinajstić information content (AvgIpc) is 3.23. The number of nitrogens with one attached hydrogen (secondary N) is 1. The molecule has 1 heterocycles. The fraction of sp³-hybridized carbons (Fsp3) is 0.533. The van der Waals surface area contributed by atoms with Crippen LogP contribution < -0.4 is 5.32 Å². The van der Waals surface area contributed by atoms with Crippen molar-refractivity contribution in [1.82, 2.24) is 0 Å². The Morgan fingerprint density at radius 3 is 2.71 bits per heavy atom. The third kappa shape index (κ3) is 2.72. The fourth-order valence-electron chi connectivity index (χ4n) is 2.78. The molecule has 2 fully saturated rings. The highest BCUT2D eigenvalue weighted by molar-refractivity contribution is 5.90. The number of anilines is 1. The van der Waals surface area contributed by atoms with Crippen LogP contribution in [0.15, 0.2) is 12.1 Å².